The van der Waals surface area contributed by atoms with E-state index in [1.807, 2.05) is 64.1 Å². The van der Waals surface area contributed by atoms with Crippen LogP contribution in [0.25, 0.3) is 5.70 Å². The van der Waals surface area contributed by atoms with Crippen molar-refractivity contribution >= 4 is 52.6 Å². The lowest BCUT2D eigenvalue weighted by atomic mass is 9.74. The first kappa shape index (κ1) is 39.5. The maximum atomic E-state index is 14.9. The van der Waals surface area contributed by atoms with Gasteiger partial charge in [-0.1, -0.05) is 82.1 Å². The number of hydrogen-bond donors (Lipinski definition) is 4. The van der Waals surface area contributed by atoms with Crippen LogP contribution in [0, 0.1) is 5.41 Å². The van der Waals surface area contributed by atoms with Crippen molar-refractivity contribution in [1.29, 1.82) is 0 Å². The Morgan fingerprint density at radius 2 is 1.75 bits per heavy atom. The molecule has 2 spiro atoms. The van der Waals surface area contributed by atoms with Gasteiger partial charge in [-0.25, -0.2) is 4.79 Å². The number of piperidine rings is 1. The van der Waals surface area contributed by atoms with Gasteiger partial charge in [0.15, 0.2) is 5.78 Å². The minimum absolute atomic E-state index is 0.0287. The van der Waals surface area contributed by atoms with Crippen LogP contribution in [-0.4, -0.2) is 94.5 Å². The van der Waals surface area contributed by atoms with E-state index in [9.17, 15) is 28.8 Å². The van der Waals surface area contributed by atoms with E-state index in [1.54, 1.807) is 23.1 Å². The predicted molar refractivity (Wildman–Crippen MR) is 209 cm³/mol. The molecule has 0 radical (unpaired) electrons. The molecule has 3 fully saturated rings. The number of benzene rings is 2. The molecule has 2 aromatic carbocycles. The number of nitrogens with zero attached hydrogens (tertiary/aromatic N) is 2. The standard InChI is InChI=1S/C42H51ClN6O7/c1-5-9-30(34(51)37(53)44-27-14-15-27)45-36(52)32-22-42(21-31(47-56-42)25-10-8-11-26(43)20-25)24-49(32)38(54)35(40(2,3)4)46-39(55)48-18-16-41(17-19-48)23-33(50)28-12-6-7-13-29(28)41/h6-8,10-13,20-21,27,30,32,35,47H,5,9,14-19,22-24H2,1-4H3,(H,44,53)(H,45,52)(H,46,55)/t30-,32-,35+,42+/m0/s1. The Balaban J connectivity index is 1.12. The van der Waals surface area contributed by atoms with Gasteiger partial charge in [0.2, 0.25) is 17.6 Å². The summed E-state index contributed by atoms with van der Waals surface area (Å²) in [4.78, 5) is 91.3. The van der Waals surface area contributed by atoms with E-state index in [0.29, 0.717) is 49.5 Å². The number of hydroxylamine groups is 1. The molecule has 2 aliphatic carbocycles. The van der Waals surface area contributed by atoms with Crippen LogP contribution in [0.3, 0.4) is 0 Å². The molecular weight excluding hydrogens is 736 g/mol. The van der Waals surface area contributed by atoms with Crippen LogP contribution in [-0.2, 0) is 29.4 Å². The van der Waals surface area contributed by atoms with Crippen molar-refractivity contribution in [3.05, 3.63) is 76.3 Å². The highest BCUT2D eigenvalue weighted by atomic mass is 35.5. The number of likely N-dealkylation sites (tertiary alicyclic amines) is 2. The number of urea groups is 1. The van der Waals surface area contributed by atoms with Gasteiger partial charge in [-0.2, -0.15) is 0 Å². The molecule has 5 amide bonds. The van der Waals surface area contributed by atoms with Crippen LogP contribution in [0.5, 0.6) is 0 Å². The molecular formula is C42H51ClN6O7. The Labute approximate surface area is 332 Å². The van der Waals surface area contributed by atoms with E-state index in [2.05, 4.69) is 21.4 Å². The van der Waals surface area contributed by atoms with Crippen molar-refractivity contribution in [3.63, 3.8) is 0 Å². The molecule has 4 atom stereocenters. The molecule has 7 rings (SSSR count). The number of Topliss-reactive ketones (excluding diaryl/α,β-unsaturated/α-hetero) is 2. The molecule has 4 N–H and O–H groups in total. The number of hydrogen-bond acceptors (Lipinski definition) is 8. The molecule has 5 aliphatic rings. The van der Waals surface area contributed by atoms with Gasteiger partial charge in [-0.05, 0) is 61.3 Å². The lowest BCUT2D eigenvalue weighted by Gasteiger charge is -2.41. The van der Waals surface area contributed by atoms with Gasteiger partial charge in [0, 0.05) is 53.5 Å². The number of halogens is 1. The van der Waals surface area contributed by atoms with Gasteiger partial charge in [0.25, 0.3) is 5.91 Å². The zero-order valence-electron chi connectivity index (χ0n) is 32.4. The summed E-state index contributed by atoms with van der Waals surface area (Å²) in [5.41, 5.74) is 3.91. The molecule has 3 aliphatic heterocycles. The highest BCUT2D eigenvalue weighted by Crippen LogP contribution is 2.46. The molecule has 298 valence electrons. The van der Waals surface area contributed by atoms with Crippen LogP contribution in [0.1, 0.15) is 101 Å². The molecule has 13 nitrogen and oxygen atoms in total. The quantitative estimate of drug-likeness (QED) is 0.257. The average molecular weight is 787 g/mol. The van der Waals surface area contributed by atoms with Crippen molar-refractivity contribution in [1.82, 2.24) is 31.2 Å². The Morgan fingerprint density at radius 3 is 2.43 bits per heavy atom. The Bertz CT molecular complexity index is 1970. The van der Waals surface area contributed by atoms with E-state index in [4.69, 9.17) is 16.4 Å². The fourth-order valence-electron chi connectivity index (χ4n) is 8.59. The summed E-state index contributed by atoms with van der Waals surface area (Å²) < 4.78 is 0. The first-order valence-corrected chi connectivity index (χ1v) is 20.1. The normalized spacial score (nSPS) is 23.6. The van der Waals surface area contributed by atoms with E-state index >= 15 is 0 Å². The SMILES string of the molecule is CCC[C@H](NC(=O)[C@@H]1C[C@]2(C=C(c3cccc(Cl)c3)NO2)CN1C(=O)[C@@H](NC(=O)N1CCC2(CC1)CC(=O)c1ccccc12)C(C)(C)C)C(=O)C(=O)NC1CC1. The van der Waals surface area contributed by atoms with Gasteiger partial charge in [-0.15, -0.1) is 0 Å². The molecule has 56 heavy (non-hydrogen) atoms. The minimum atomic E-state index is -1.13. The van der Waals surface area contributed by atoms with Crippen molar-refractivity contribution in [3.8, 4) is 0 Å². The second-order valence-corrected chi connectivity index (χ2v) is 17.6. The molecule has 0 bridgehead atoms. The highest BCUT2D eigenvalue weighted by Gasteiger charge is 2.54. The van der Waals surface area contributed by atoms with Gasteiger partial charge >= 0.3 is 6.03 Å². The molecule has 3 heterocycles. The summed E-state index contributed by atoms with van der Waals surface area (Å²) in [6, 6.07) is 11.2. The van der Waals surface area contributed by atoms with Crippen molar-refractivity contribution in [2.24, 2.45) is 5.41 Å². The number of ketones is 2. The second kappa shape index (κ2) is 15.3. The van der Waals surface area contributed by atoms with Gasteiger partial charge in [0.1, 0.15) is 17.7 Å². The molecule has 0 unspecified atom stereocenters. The Morgan fingerprint density at radius 1 is 1.02 bits per heavy atom. The van der Waals surface area contributed by atoms with Gasteiger partial charge in [0.05, 0.1) is 18.3 Å². The lowest BCUT2D eigenvalue weighted by Crippen LogP contribution is -2.61. The summed E-state index contributed by atoms with van der Waals surface area (Å²) in [6.07, 6.45) is 5.93. The number of rotatable bonds is 10. The monoisotopic (exact) mass is 786 g/mol. The number of amides is 5. The molecule has 2 saturated heterocycles. The fraction of sp³-hybridized carbons (Fsp3) is 0.524. The van der Waals surface area contributed by atoms with Crippen LogP contribution >= 0.6 is 11.6 Å². The van der Waals surface area contributed by atoms with Crippen LogP contribution in [0.2, 0.25) is 5.02 Å². The lowest BCUT2D eigenvalue weighted by molar-refractivity contribution is -0.144. The average Bonchev–Trinajstić information content (AvgIpc) is 3.66. The fourth-order valence-corrected chi connectivity index (χ4v) is 8.78. The van der Waals surface area contributed by atoms with Crippen LogP contribution in [0.15, 0.2) is 54.6 Å². The van der Waals surface area contributed by atoms with Crippen LogP contribution in [0.4, 0.5) is 4.79 Å². The van der Waals surface area contributed by atoms with Gasteiger partial charge < -0.3 is 25.8 Å². The second-order valence-electron chi connectivity index (χ2n) is 17.1. The first-order chi connectivity index (χ1) is 26.6. The largest absolute Gasteiger partial charge is 0.347 e. The highest BCUT2D eigenvalue weighted by molar-refractivity contribution is 6.38. The summed E-state index contributed by atoms with van der Waals surface area (Å²) in [5, 5.41) is 9.06. The van der Waals surface area contributed by atoms with E-state index < -0.39 is 58.7 Å². The van der Waals surface area contributed by atoms with Crippen LogP contribution < -0.4 is 21.4 Å². The molecule has 14 heteroatoms. The first-order valence-electron chi connectivity index (χ1n) is 19.7. The third kappa shape index (κ3) is 7.93. The zero-order chi connectivity index (χ0) is 40.0. The number of carbonyl (C=O) groups excluding carboxylic acids is 6. The summed E-state index contributed by atoms with van der Waals surface area (Å²) in [5.74, 6) is -2.41. The topological polar surface area (TPSA) is 166 Å². The number of carbonyl (C=O) groups is 6. The number of nitrogens with one attached hydrogen (secondary N) is 4. The maximum Gasteiger partial charge on any atom is 0.318 e. The molecule has 1 saturated carbocycles. The van der Waals surface area contributed by atoms with Gasteiger partial charge in [-0.3, -0.25) is 34.3 Å². The molecule has 0 aromatic heterocycles. The van der Waals surface area contributed by atoms with E-state index in [0.717, 1.165) is 29.5 Å². The summed E-state index contributed by atoms with van der Waals surface area (Å²) >= 11 is 6.28. The van der Waals surface area contributed by atoms with E-state index in [1.165, 1.54) is 4.90 Å². The van der Waals surface area contributed by atoms with E-state index in [-0.39, 0.29) is 36.6 Å². The van der Waals surface area contributed by atoms with Crippen molar-refractivity contribution < 1.29 is 33.6 Å². The summed E-state index contributed by atoms with van der Waals surface area (Å²) in [6.45, 7) is 8.20. The maximum absolute atomic E-state index is 14.9. The van der Waals surface area contributed by atoms with Crippen molar-refractivity contribution in [2.45, 2.75) is 114 Å². The summed E-state index contributed by atoms with van der Waals surface area (Å²) in [7, 11) is 0. The molecule has 2 aromatic rings. The Kier molecular flexibility index (Phi) is 10.8. The third-order valence-electron chi connectivity index (χ3n) is 11.9. The smallest absolute Gasteiger partial charge is 0.318 e. The van der Waals surface area contributed by atoms with Crippen molar-refractivity contribution in [2.75, 3.05) is 19.6 Å². The zero-order valence-corrected chi connectivity index (χ0v) is 33.2. The third-order valence-corrected chi connectivity index (χ3v) is 12.1. The number of fused-ring (bicyclic) bond motifs is 2. The predicted octanol–water partition coefficient (Wildman–Crippen LogP) is 4.43. The minimum Gasteiger partial charge on any atom is -0.347 e. The Hall–Kier alpha value is -4.75.